The first-order valence-corrected chi connectivity index (χ1v) is 6.10. The second kappa shape index (κ2) is 3.82. The third-order valence-corrected chi connectivity index (χ3v) is 4.13. The standard InChI is InChI=1S/C13H18N2O/c16-13(8-11-2-1-5-14-9-11)4-7-15-6-3-12(13)10-15/h1-2,5,9,12,16H,3-4,6-8,10H2. The Balaban J connectivity index is 1.78. The van der Waals surface area contributed by atoms with Gasteiger partial charge in [0.05, 0.1) is 5.60 Å². The molecule has 2 fully saturated rings. The Labute approximate surface area is 96.1 Å². The van der Waals surface area contributed by atoms with Crippen LogP contribution in [-0.2, 0) is 6.42 Å². The molecule has 0 radical (unpaired) electrons. The quantitative estimate of drug-likeness (QED) is 0.807. The summed E-state index contributed by atoms with van der Waals surface area (Å²) in [6.07, 6.45) is 6.48. The molecule has 2 aliphatic rings. The molecule has 2 bridgehead atoms. The number of fused-ring (bicyclic) bond motifs is 2. The smallest absolute Gasteiger partial charge is 0.0741 e. The summed E-state index contributed by atoms with van der Waals surface area (Å²) in [5, 5.41) is 10.8. The number of aliphatic hydroxyl groups is 1. The third kappa shape index (κ3) is 1.74. The van der Waals surface area contributed by atoms with Gasteiger partial charge < -0.3 is 10.0 Å². The van der Waals surface area contributed by atoms with Gasteiger partial charge in [-0.05, 0) is 31.0 Å². The van der Waals surface area contributed by atoms with Crippen LogP contribution in [0, 0.1) is 5.92 Å². The summed E-state index contributed by atoms with van der Waals surface area (Å²) in [6.45, 7) is 3.30. The van der Waals surface area contributed by atoms with Crippen LogP contribution in [0.4, 0.5) is 0 Å². The van der Waals surface area contributed by atoms with E-state index in [9.17, 15) is 5.11 Å². The van der Waals surface area contributed by atoms with Crippen molar-refractivity contribution >= 4 is 0 Å². The summed E-state index contributed by atoms with van der Waals surface area (Å²) in [5.41, 5.74) is 0.668. The van der Waals surface area contributed by atoms with Gasteiger partial charge in [-0.2, -0.15) is 0 Å². The van der Waals surface area contributed by atoms with Crippen molar-refractivity contribution in [2.24, 2.45) is 5.92 Å². The van der Waals surface area contributed by atoms with Gasteiger partial charge in [-0.25, -0.2) is 0 Å². The largest absolute Gasteiger partial charge is 0.389 e. The van der Waals surface area contributed by atoms with Crippen molar-refractivity contribution < 1.29 is 5.11 Å². The van der Waals surface area contributed by atoms with E-state index in [1.807, 2.05) is 12.3 Å². The first-order valence-electron chi connectivity index (χ1n) is 6.10. The normalized spacial score (nSPS) is 37.6. The number of hydrogen-bond acceptors (Lipinski definition) is 3. The molecule has 2 aliphatic heterocycles. The van der Waals surface area contributed by atoms with Crippen LogP contribution in [0.15, 0.2) is 24.5 Å². The molecule has 0 amide bonds. The lowest BCUT2D eigenvalue weighted by Gasteiger charge is -2.38. The molecule has 1 N–H and O–H groups in total. The lowest BCUT2D eigenvalue weighted by atomic mass is 9.78. The van der Waals surface area contributed by atoms with Gasteiger partial charge in [-0.3, -0.25) is 4.98 Å². The summed E-state index contributed by atoms with van der Waals surface area (Å²) >= 11 is 0. The molecular formula is C13H18N2O. The Hall–Kier alpha value is -0.930. The molecule has 3 unspecified atom stereocenters. The topological polar surface area (TPSA) is 36.4 Å². The number of nitrogens with zero attached hydrogens (tertiary/aromatic N) is 2. The fourth-order valence-corrected chi connectivity index (χ4v) is 3.12. The Morgan fingerprint density at radius 2 is 2.44 bits per heavy atom. The third-order valence-electron chi connectivity index (χ3n) is 4.13. The highest BCUT2D eigenvalue weighted by Crippen LogP contribution is 2.37. The molecule has 3 nitrogen and oxygen atoms in total. The molecular weight excluding hydrogens is 200 g/mol. The number of rotatable bonds is 2. The van der Waals surface area contributed by atoms with Gasteiger partial charge in [0, 0.05) is 37.8 Å². The Morgan fingerprint density at radius 1 is 1.50 bits per heavy atom. The second-order valence-corrected chi connectivity index (χ2v) is 5.18. The maximum atomic E-state index is 10.8. The molecule has 1 aromatic heterocycles. The van der Waals surface area contributed by atoms with Crippen molar-refractivity contribution in [3.05, 3.63) is 30.1 Å². The van der Waals surface area contributed by atoms with Crippen LogP contribution in [0.25, 0.3) is 0 Å². The van der Waals surface area contributed by atoms with Crippen LogP contribution < -0.4 is 0 Å². The number of pyridine rings is 1. The molecule has 2 saturated heterocycles. The summed E-state index contributed by atoms with van der Waals surface area (Å²) < 4.78 is 0. The highest BCUT2D eigenvalue weighted by molar-refractivity contribution is 5.14. The zero-order valence-corrected chi connectivity index (χ0v) is 9.47. The van der Waals surface area contributed by atoms with Crippen molar-refractivity contribution in [3.63, 3.8) is 0 Å². The van der Waals surface area contributed by atoms with Gasteiger partial charge in [-0.1, -0.05) is 6.07 Å². The SMILES string of the molecule is OC1(Cc2cccnc2)CCN2CCC1C2. The molecule has 0 aromatic carbocycles. The summed E-state index contributed by atoms with van der Waals surface area (Å²) in [4.78, 5) is 6.58. The Morgan fingerprint density at radius 3 is 3.25 bits per heavy atom. The highest BCUT2D eigenvalue weighted by Gasteiger charge is 2.44. The van der Waals surface area contributed by atoms with E-state index >= 15 is 0 Å². The predicted octanol–water partition coefficient (Wildman–Crippen LogP) is 1.08. The summed E-state index contributed by atoms with van der Waals surface area (Å²) in [6, 6.07) is 4.01. The Bertz CT molecular complexity index is 367. The predicted molar refractivity (Wildman–Crippen MR) is 62.1 cm³/mol. The van der Waals surface area contributed by atoms with E-state index in [0.29, 0.717) is 5.92 Å². The summed E-state index contributed by atoms with van der Waals surface area (Å²) in [7, 11) is 0. The zero-order chi connectivity index (χ0) is 11.0. The zero-order valence-electron chi connectivity index (χ0n) is 9.47. The molecule has 0 aliphatic carbocycles. The fourth-order valence-electron chi connectivity index (χ4n) is 3.12. The molecule has 86 valence electrons. The van der Waals surface area contributed by atoms with E-state index in [1.165, 1.54) is 6.54 Å². The number of piperidine rings is 1. The van der Waals surface area contributed by atoms with Gasteiger partial charge in [0.2, 0.25) is 0 Å². The molecule has 0 saturated carbocycles. The van der Waals surface area contributed by atoms with E-state index in [-0.39, 0.29) is 0 Å². The van der Waals surface area contributed by atoms with Crippen LogP contribution in [0.1, 0.15) is 18.4 Å². The van der Waals surface area contributed by atoms with Crippen molar-refractivity contribution in [2.45, 2.75) is 24.9 Å². The van der Waals surface area contributed by atoms with Gasteiger partial charge >= 0.3 is 0 Å². The van der Waals surface area contributed by atoms with Crippen molar-refractivity contribution in [1.29, 1.82) is 0 Å². The maximum Gasteiger partial charge on any atom is 0.0741 e. The lowest BCUT2D eigenvalue weighted by Crippen LogP contribution is -2.47. The highest BCUT2D eigenvalue weighted by atomic mass is 16.3. The van der Waals surface area contributed by atoms with Crippen LogP contribution >= 0.6 is 0 Å². The van der Waals surface area contributed by atoms with E-state index in [4.69, 9.17) is 0 Å². The van der Waals surface area contributed by atoms with Crippen molar-refractivity contribution in [2.75, 3.05) is 19.6 Å². The lowest BCUT2D eigenvalue weighted by molar-refractivity contribution is -0.0439. The first-order chi connectivity index (χ1) is 7.76. The van der Waals surface area contributed by atoms with Gasteiger partial charge in [0.25, 0.3) is 0 Å². The first kappa shape index (κ1) is 10.2. The monoisotopic (exact) mass is 218 g/mol. The van der Waals surface area contributed by atoms with E-state index < -0.39 is 5.60 Å². The van der Waals surface area contributed by atoms with Crippen molar-refractivity contribution in [3.8, 4) is 0 Å². The maximum absolute atomic E-state index is 10.8. The number of hydrogen-bond donors (Lipinski definition) is 1. The molecule has 3 rings (SSSR count). The van der Waals surface area contributed by atoms with Crippen LogP contribution in [-0.4, -0.2) is 40.2 Å². The van der Waals surface area contributed by atoms with Gasteiger partial charge in [0.15, 0.2) is 0 Å². The average molecular weight is 218 g/mol. The van der Waals surface area contributed by atoms with Gasteiger partial charge in [-0.15, -0.1) is 0 Å². The number of aromatic nitrogens is 1. The molecule has 1 aromatic rings. The van der Waals surface area contributed by atoms with Crippen LogP contribution in [0.3, 0.4) is 0 Å². The minimum atomic E-state index is -0.490. The average Bonchev–Trinajstić information content (AvgIpc) is 2.72. The minimum Gasteiger partial charge on any atom is -0.389 e. The summed E-state index contributed by atoms with van der Waals surface area (Å²) in [5.74, 6) is 0.460. The second-order valence-electron chi connectivity index (χ2n) is 5.18. The molecule has 3 atom stereocenters. The van der Waals surface area contributed by atoms with Crippen LogP contribution in [0.5, 0.6) is 0 Å². The fraction of sp³-hybridized carbons (Fsp3) is 0.615. The molecule has 3 heteroatoms. The molecule has 3 heterocycles. The van der Waals surface area contributed by atoms with E-state index in [2.05, 4.69) is 16.0 Å². The van der Waals surface area contributed by atoms with E-state index in [1.54, 1.807) is 6.20 Å². The van der Waals surface area contributed by atoms with E-state index in [0.717, 1.165) is 37.9 Å². The van der Waals surface area contributed by atoms with Crippen LogP contribution in [0.2, 0.25) is 0 Å². The molecule has 0 spiro atoms. The van der Waals surface area contributed by atoms with Crippen molar-refractivity contribution in [1.82, 2.24) is 9.88 Å². The minimum absolute atomic E-state index is 0.460. The van der Waals surface area contributed by atoms with Gasteiger partial charge in [0.1, 0.15) is 0 Å². The Kier molecular flexibility index (Phi) is 2.45. The molecule has 16 heavy (non-hydrogen) atoms.